The topological polar surface area (TPSA) is 257 Å². The number of nitrogens with one attached hydrogen (secondary N) is 4. The minimum absolute atomic E-state index is 0.0329. The monoisotopic (exact) mass is 655 g/mol. The van der Waals surface area contributed by atoms with E-state index in [1.54, 1.807) is 20.1 Å². The molecule has 252 valence electrons. The Hall–Kier alpha value is -3.89. The van der Waals surface area contributed by atoms with Crippen LogP contribution in [0.1, 0.15) is 52.0 Å². The molecule has 1 rings (SSSR count). The van der Waals surface area contributed by atoms with Crippen molar-refractivity contribution in [1.29, 1.82) is 0 Å². The summed E-state index contributed by atoms with van der Waals surface area (Å²) in [6.45, 7) is 4.80. The summed E-state index contributed by atoms with van der Waals surface area (Å²) in [5, 5.41) is 48.3. The van der Waals surface area contributed by atoms with Gasteiger partial charge in [0.1, 0.15) is 29.9 Å². The van der Waals surface area contributed by atoms with Crippen LogP contribution in [-0.4, -0.2) is 104 Å². The molecule has 0 aliphatic rings. The number of amides is 4. The van der Waals surface area contributed by atoms with E-state index in [0.29, 0.717) is 11.3 Å². The molecule has 0 bridgehead atoms. The highest BCUT2D eigenvalue weighted by Crippen LogP contribution is 2.13. The predicted molar refractivity (Wildman–Crippen MR) is 166 cm³/mol. The molecule has 4 amide bonds. The van der Waals surface area contributed by atoms with Crippen molar-refractivity contribution in [1.82, 2.24) is 21.3 Å². The molecule has 16 heteroatoms. The van der Waals surface area contributed by atoms with Crippen LogP contribution in [-0.2, 0) is 35.2 Å². The van der Waals surface area contributed by atoms with Crippen LogP contribution in [0.25, 0.3) is 0 Å². The number of carbonyl (C=O) groups is 6. The van der Waals surface area contributed by atoms with Crippen molar-refractivity contribution in [2.24, 2.45) is 11.7 Å². The van der Waals surface area contributed by atoms with E-state index >= 15 is 0 Å². The lowest BCUT2D eigenvalue weighted by molar-refractivity contribution is -0.143. The number of carboxylic acid groups (broad SMARTS) is 2. The van der Waals surface area contributed by atoms with Crippen LogP contribution < -0.4 is 27.0 Å². The molecule has 1 aromatic carbocycles. The molecule has 1 aromatic rings. The zero-order valence-electron chi connectivity index (χ0n) is 25.8. The van der Waals surface area contributed by atoms with Crippen molar-refractivity contribution in [3.8, 4) is 5.75 Å². The second-order valence-electron chi connectivity index (χ2n) is 11.1. The number of benzene rings is 1. The van der Waals surface area contributed by atoms with Gasteiger partial charge in [-0.3, -0.25) is 24.0 Å². The van der Waals surface area contributed by atoms with Gasteiger partial charge in [0.25, 0.3) is 0 Å². The molecular weight excluding hydrogens is 610 g/mol. The molecule has 0 saturated heterocycles. The third-order valence-electron chi connectivity index (χ3n) is 6.64. The van der Waals surface area contributed by atoms with E-state index in [0.717, 1.165) is 0 Å². The standard InChI is InChI=1S/C29H45N5O10S/c1-15(2)13-22(29(43)44)33-27(41)21(14-17-5-7-18(36)8-6-17)32-28(42)24(16(3)35)34-26(40)20(11-12-45-4)31-25(39)19(30)9-10-23(37)38/h5-8,15-16,19-22,24,35-36H,9-14,30H2,1-4H3,(H,31,39)(H,32,42)(H,33,41)(H,34,40)(H,37,38)(H,43,44)/t16-,19+,20+,21+,22+,24+/m1/s1. The SMILES string of the molecule is CSCC[C@H](NC(=O)[C@@H](N)CCC(=O)O)C(=O)N[C@H](C(=O)N[C@@H](Cc1ccc(O)cc1)C(=O)N[C@@H](CC(C)C)C(=O)O)[C@@H](C)O. The van der Waals surface area contributed by atoms with Crippen LogP contribution in [0.5, 0.6) is 5.75 Å². The molecule has 0 aromatic heterocycles. The highest BCUT2D eigenvalue weighted by molar-refractivity contribution is 7.98. The van der Waals surface area contributed by atoms with E-state index in [1.165, 1.54) is 43.0 Å². The van der Waals surface area contributed by atoms with Crippen molar-refractivity contribution < 1.29 is 49.2 Å². The summed E-state index contributed by atoms with van der Waals surface area (Å²) in [5.41, 5.74) is 6.28. The first-order valence-corrected chi connectivity index (χ1v) is 15.8. The Balaban J connectivity index is 3.19. The number of thioether (sulfide) groups is 1. The van der Waals surface area contributed by atoms with E-state index in [1.807, 2.05) is 0 Å². The van der Waals surface area contributed by atoms with Gasteiger partial charge in [-0.15, -0.1) is 0 Å². The van der Waals surface area contributed by atoms with Crippen molar-refractivity contribution >= 4 is 47.3 Å². The molecule has 0 radical (unpaired) electrons. The molecule has 0 aliphatic carbocycles. The maximum absolute atomic E-state index is 13.4. The van der Waals surface area contributed by atoms with Gasteiger partial charge in [-0.1, -0.05) is 26.0 Å². The third-order valence-corrected chi connectivity index (χ3v) is 7.29. The Labute approximate surface area is 266 Å². The zero-order chi connectivity index (χ0) is 34.3. The second kappa shape index (κ2) is 19.5. The lowest BCUT2D eigenvalue weighted by Crippen LogP contribution is -2.61. The summed E-state index contributed by atoms with van der Waals surface area (Å²) < 4.78 is 0. The summed E-state index contributed by atoms with van der Waals surface area (Å²) in [4.78, 5) is 75.1. The smallest absolute Gasteiger partial charge is 0.326 e. The number of hydrogen-bond acceptors (Lipinski definition) is 10. The lowest BCUT2D eigenvalue weighted by Gasteiger charge is -2.28. The third kappa shape index (κ3) is 14.6. The number of aromatic hydroxyl groups is 1. The van der Waals surface area contributed by atoms with Crippen LogP contribution in [0.3, 0.4) is 0 Å². The van der Waals surface area contributed by atoms with Crippen molar-refractivity contribution in [3.63, 3.8) is 0 Å². The summed E-state index contributed by atoms with van der Waals surface area (Å²) in [7, 11) is 0. The van der Waals surface area contributed by atoms with Crippen LogP contribution in [0.4, 0.5) is 0 Å². The van der Waals surface area contributed by atoms with Gasteiger partial charge in [0, 0.05) is 12.8 Å². The van der Waals surface area contributed by atoms with Crippen LogP contribution in [0.15, 0.2) is 24.3 Å². The molecule has 0 fully saturated rings. The molecule has 10 N–H and O–H groups in total. The van der Waals surface area contributed by atoms with Gasteiger partial charge in [-0.05, 0) is 61.8 Å². The molecule has 6 atom stereocenters. The van der Waals surface area contributed by atoms with Crippen LogP contribution in [0.2, 0.25) is 0 Å². The highest BCUT2D eigenvalue weighted by Gasteiger charge is 2.34. The highest BCUT2D eigenvalue weighted by atomic mass is 32.2. The average Bonchev–Trinajstić information content (AvgIpc) is 2.96. The maximum Gasteiger partial charge on any atom is 0.326 e. The van der Waals surface area contributed by atoms with E-state index in [2.05, 4.69) is 21.3 Å². The minimum Gasteiger partial charge on any atom is -0.508 e. The normalized spacial score (nSPS) is 15.1. The molecule has 0 spiro atoms. The summed E-state index contributed by atoms with van der Waals surface area (Å²) >= 11 is 1.38. The largest absolute Gasteiger partial charge is 0.508 e. The number of phenolic OH excluding ortho intramolecular Hbond substituents is 1. The van der Waals surface area contributed by atoms with Gasteiger partial charge < -0.3 is 47.4 Å². The van der Waals surface area contributed by atoms with E-state index in [9.17, 15) is 44.1 Å². The fourth-order valence-electron chi connectivity index (χ4n) is 4.16. The molecule has 0 unspecified atom stereocenters. The molecule has 15 nitrogen and oxygen atoms in total. The molecule has 0 heterocycles. The molecular formula is C29H45N5O10S. The van der Waals surface area contributed by atoms with Gasteiger partial charge in [0.2, 0.25) is 23.6 Å². The lowest BCUT2D eigenvalue weighted by atomic mass is 10.0. The van der Waals surface area contributed by atoms with Gasteiger partial charge in [-0.2, -0.15) is 11.8 Å². The fourth-order valence-corrected chi connectivity index (χ4v) is 4.63. The van der Waals surface area contributed by atoms with Crippen LogP contribution >= 0.6 is 11.8 Å². The fraction of sp³-hybridized carbons (Fsp3) is 0.586. The first-order valence-electron chi connectivity index (χ1n) is 14.4. The number of nitrogens with two attached hydrogens (primary N) is 1. The number of carbonyl (C=O) groups excluding carboxylic acids is 4. The second-order valence-corrected chi connectivity index (χ2v) is 12.1. The Kier molecular flexibility index (Phi) is 16.9. The number of carboxylic acids is 2. The zero-order valence-corrected chi connectivity index (χ0v) is 26.6. The number of aliphatic hydroxyl groups is 1. The number of rotatable bonds is 20. The molecule has 0 aliphatic heterocycles. The summed E-state index contributed by atoms with van der Waals surface area (Å²) in [5.74, 6) is -5.46. The van der Waals surface area contributed by atoms with Crippen molar-refractivity contribution in [2.45, 2.75) is 89.2 Å². The van der Waals surface area contributed by atoms with Gasteiger partial charge in [0.05, 0.1) is 12.1 Å². The summed E-state index contributed by atoms with van der Waals surface area (Å²) in [6, 6.07) is -0.782. The van der Waals surface area contributed by atoms with Crippen molar-refractivity contribution in [2.75, 3.05) is 12.0 Å². The van der Waals surface area contributed by atoms with E-state index in [4.69, 9.17) is 10.8 Å². The molecule has 45 heavy (non-hydrogen) atoms. The average molecular weight is 656 g/mol. The molecule has 0 saturated carbocycles. The Morgan fingerprint density at radius 2 is 1.36 bits per heavy atom. The van der Waals surface area contributed by atoms with Gasteiger partial charge in [0.15, 0.2) is 0 Å². The number of phenols is 1. The number of hydrogen-bond donors (Lipinski definition) is 9. The Morgan fingerprint density at radius 1 is 0.800 bits per heavy atom. The van der Waals surface area contributed by atoms with Gasteiger partial charge >= 0.3 is 11.9 Å². The van der Waals surface area contributed by atoms with Crippen molar-refractivity contribution in [3.05, 3.63) is 29.8 Å². The minimum atomic E-state index is -1.59. The first-order chi connectivity index (χ1) is 21.0. The Morgan fingerprint density at radius 3 is 1.87 bits per heavy atom. The van der Waals surface area contributed by atoms with E-state index in [-0.39, 0.29) is 43.8 Å². The van der Waals surface area contributed by atoms with E-state index < -0.39 is 71.9 Å². The number of aliphatic hydroxyl groups excluding tert-OH is 1. The summed E-state index contributed by atoms with van der Waals surface area (Å²) in [6.07, 6.45) is -0.0868. The quantitative estimate of drug-likeness (QED) is 0.0848. The maximum atomic E-state index is 13.4. The van der Waals surface area contributed by atoms with Crippen LogP contribution in [0, 0.1) is 5.92 Å². The Bertz CT molecular complexity index is 1160. The first kappa shape index (κ1) is 39.1. The number of aliphatic carboxylic acids is 2. The van der Waals surface area contributed by atoms with Gasteiger partial charge in [-0.25, -0.2) is 4.79 Å². The predicted octanol–water partition coefficient (Wildman–Crippen LogP) is -0.669.